The van der Waals surface area contributed by atoms with Gasteiger partial charge < -0.3 is 20.4 Å². The van der Waals surface area contributed by atoms with Gasteiger partial charge in [-0.3, -0.25) is 0 Å². The van der Waals surface area contributed by atoms with Crippen molar-refractivity contribution < 1.29 is 20.4 Å². The molecule has 37 heavy (non-hydrogen) atoms. The molecule has 214 valence electrons. The predicted octanol–water partition coefficient (Wildman–Crippen LogP) is 7.10. The maximum absolute atomic E-state index is 10.6. The molecule has 0 amide bonds. The Hall–Kier alpha value is -0.680. The van der Waals surface area contributed by atoms with Crippen LogP contribution in [0, 0.1) is 28.6 Å². The van der Waals surface area contributed by atoms with E-state index in [2.05, 4.69) is 32.9 Å². The molecule has 3 fully saturated rings. The van der Waals surface area contributed by atoms with Crippen molar-refractivity contribution in [3.8, 4) is 0 Å². The van der Waals surface area contributed by atoms with E-state index >= 15 is 0 Å². The van der Waals surface area contributed by atoms with Crippen LogP contribution in [0.4, 0.5) is 0 Å². The fourth-order valence-electron chi connectivity index (χ4n) is 8.05. The van der Waals surface area contributed by atoms with Gasteiger partial charge in [0.2, 0.25) is 0 Å². The van der Waals surface area contributed by atoms with Crippen molar-refractivity contribution in [2.75, 3.05) is 0 Å². The highest BCUT2D eigenvalue weighted by Crippen LogP contribution is 2.60. The van der Waals surface area contributed by atoms with Crippen LogP contribution in [0.2, 0.25) is 0 Å². The van der Waals surface area contributed by atoms with Gasteiger partial charge in [-0.05, 0) is 102 Å². The number of fused-ring (bicyclic) bond motifs is 1. The van der Waals surface area contributed by atoms with E-state index in [1.165, 1.54) is 31.3 Å². The molecule has 1 unspecified atom stereocenters. The van der Waals surface area contributed by atoms with Crippen LogP contribution < -0.4 is 0 Å². The average molecular weight is 519 g/mol. The van der Waals surface area contributed by atoms with E-state index in [0.29, 0.717) is 36.0 Å². The molecule has 4 nitrogen and oxygen atoms in total. The Morgan fingerprint density at radius 1 is 0.919 bits per heavy atom. The molecule has 0 radical (unpaired) electrons. The van der Waals surface area contributed by atoms with E-state index in [-0.39, 0.29) is 5.41 Å². The van der Waals surface area contributed by atoms with Gasteiger partial charge in [0, 0.05) is 11.8 Å². The van der Waals surface area contributed by atoms with Crippen LogP contribution in [0.5, 0.6) is 0 Å². The molecule has 4 heteroatoms. The van der Waals surface area contributed by atoms with Crippen molar-refractivity contribution >= 4 is 0 Å². The standard InChI is InChI=1S/C33H58O4/c1-30(2,36)18-8-11-23(12-9-19-31(3,4)37)27-16-17-28-24(13-10-20-33(27,28)7)14-15-25-21-26(34)22-29(35)32(25,5)6/h14-15,23,26-29,34-37H,8-13,16-22H2,1-7H3/b24-14+,25-15-/t26-,27-,28?,29+,33-/m1/s1. The Labute approximate surface area is 227 Å². The van der Waals surface area contributed by atoms with Crippen LogP contribution in [-0.4, -0.2) is 43.8 Å². The zero-order chi connectivity index (χ0) is 27.6. The van der Waals surface area contributed by atoms with Gasteiger partial charge in [-0.15, -0.1) is 0 Å². The second kappa shape index (κ2) is 11.8. The maximum Gasteiger partial charge on any atom is 0.0653 e. The molecule has 0 aromatic heterocycles. The summed E-state index contributed by atoms with van der Waals surface area (Å²) in [6, 6.07) is 0. The van der Waals surface area contributed by atoms with Crippen molar-refractivity contribution in [2.24, 2.45) is 28.6 Å². The highest BCUT2D eigenvalue weighted by molar-refractivity contribution is 5.29. The van der Waals surface area contributed by atoms with Crippen LogP contribution in [0.3, 0.4) is 0 Å². The molecule has 0 bridgehead atoms. The van der Waals surface area contributed by atoms with Crippen molar-refractivity contribution in [3.05, 3.63) is 23.3 Å². The van der Waals surface area contributed by atoms with Crippen molar-refractivity contribution in [1.29, 1.82) is 0 Å². The van der Waals surface area contributed by atoms with E-state index in [4.69, 9.17) is 0 Å². The smallest absolute Gasteiger partial charge is 0.0653 e. The first kappa shape index (κ1) is 30.9. The third-order valence-corrected chi connectivity index (χ3v) is 10.4. The van der Waals surface area contributed by atoms with Gasteiger partial charge in [0.25, 0.3) is 0 Å². The first-order chi connectivity index (χ1) is 17.0. The van der Waals surface area contributed by atoms with Crippen molar-refractivity contribution in [2.45, 2.75) is 155 Å². The molecule has 3 saturated carbocycles. The van der Waals surface area contributed by atoms with Gasteiger partial charge in [0.15, 0.2) is 0 Å². The lowest BCUT2D eigenvalue weighted by Gasteiger charge is -2.45. The zero-order valence-corrected chi connectivity index (χ0v) is 25.0. The summed E-state index contributed by atoms with van der Waals surface area (Å²) in [5, 5.41) is 41.5. The minimum Gasteiger partial charge on any atom is -0.393 e. The molecule has 0 aliphatic heterocycles. The number of hydrogen-bond acceptors (Lipinski definition) is 4. The van der Waals surface area contributed by atoms with Gasteiger partial charge >= 0.3 is 0 Å². The SMILES string of the molecule is CC(C)(O)CCCC(CCCC(C)(C)O)[C@H]1CCC2/C(=C/C=C3/C[C@@H](O)C[C@H](O)C3(C)C)CCC[C@@]21C. The zero-order valence-electron chi connectivity index (χ0n) is 25.0. The molecular formula is C33H58O4. The predicted molar refractivity (Wildman–Crippen MR) is 153 cm³/mol. The van der Waals surface area contributed by atoms with Crippen LogP contribution in [0.1, 0.15) is 132 Å². The van der Waals surface area contributed by atoms with Gasteiger partial charge in [0.1, 0.15) is 0 Å². The summed E-state index contributed by atoms with van der Waals surface area (Å²) in [6.07, 6.45) is 17.1. The Morgan fingerprint density at radius 2 is 1.51 bits per heavy atom. The Bertz CT molecular complexity index is 791. The molecule has 3 aliphatic rings. The first-order valence-corrected chi connectivity index (χ1v) is 15.2. The largest absolute Gasteiger partial charge is 0.393 e. The highest BCUT2D eigenvalue weighted by atomic mass is 16.3. The van der Waals surface area contributed by atoms with E-state index < -0.39 is 23.4 Å². The molecule has 5 atom stereocenters. The summed E-state index contributed by atoms with van der Waals surface area (Å²) in [7, 11) is 0. The van der Waals surface area contributed by atoms with Crippen LogP contribution in [0.25, 0.3) is 0 Å². The summed E-state index contributed by atoms with van der Waals surface area (Å²) < 4.78 is 0. The fraction of sp³-hybridized carbons (Fsp3) is 0.879. The molecular weight excluding hydrogens is 460 g/mol. The Balaban J connectivity index is 1.79. The number of aliphatic hydroxyl groups excluding tert-OH is 2. The van der Waals surface area contributed by atoms with E-state index in [0.717, 1.165) is 44.9 Å². The fourth-order valence-corrected chi connectivity index (χ4v) is 8.05. The third-order valence-electron chi connectivity index (χ3n) is 10.4. The normalized spacial score (nSPS) is 34.9. The average Bonchev–Trinajstić information content (AvgIpc) is 3.10. The molecule has 0 aromatic carbocycles. The molecule has 0 heterocycles. The first-order valence-electron chi connectivity index (χ1n) is 15.2. The molecule has 0 saturated heterocycles. The number of hydrogen-bond donors (Lipinski definition) is 4. The summed E-state index contributed by atoms with van der Waals surface area (Å²) in [5.41, 5.74) is 1.53. The molecule has 4 N–H and O–H groups in total. The Kier molecular flexibility index (Phi) is 9.86. The summed E-state index contributed by atoms with van der Waals surface area (Å²) >= 11 is 0. The topological polar surface area (TPSA) is 80.9 Å². The second-order valence-corrected chi connectivity index (χ2v) is 15.0. The number of allylic oxidation sites excluding steroid dienone is 3. The van der Waals surface area contributed by atoms with Gasteiger partial charge in [-0.2, -0.15) is 0 Å². The van der Waals surface area contributed by atoms with Gasteiger partial charge in [0.05, 0.1) is 23.4 Å². The summed E-state index contributed by atoms with van der Waals surface area (Å²) in [4.78, 5) is 0. The summed E-state index contributed by atoms with van der Waals surface area (Å²) in [5.74, 6) is 1.93. The molecule has 3 rings (SSSR count). The van der Waals surface area contributed by atoms with E-state index in [1.54, 1.807) is 5.57 Å². The monoisotopic (exact) mass is 518 g/mol. The lowest BCUT2D eigenvalue weighted by molar-refractivity contribution is -0.00660. The summed E-state index contributed by atoms with van der Waals surface area (Å²) in [6.45, 7) is 14.4. The van der Waals surface area contributed by atoms with E-state index in [9.17, 15) is 20.4 Å². The minimum atomic E-state index is -0.609. The Morgan fingerprint density at radius 3 is 2.08 bits per heavy atom. The lowest BCUT2D eigenvalue weighted by Crippen LogP contribution is -2.40. The third kappa shape index (κ3) is 7.93. The van der Waals surface area contributed by atoms with Crippen LogP contribution >= 0.6 is 0 Å². The molecule has 0 aromatic rings. The van der Waals surface area contributed by atoms with Gasteiger partial charge in [-0.1, -0.05) is 69.8 Å². The lowest BCUT2D eigenvalue weighted by atomic mass is 9.59. The highest BCUT2D eigenvalue weighted by Gasteiger charge is 2.51. The second-order valence-electron chi connectivity index (χ2n) is 15.0. The maximum atomic E-state index is 10.6. The van der Waals surface area contributed by atoms with Crippen LogP contribution in [-0.2, 0) is 0 Å². The number of aliphatic hydroxyl groups is 4. The quantitative estimate of drug-likeness (QED) is 0.249. The number of rotatable bonds is 10. The molecule has 0 spiro atoms. The van der Waals surface area contributed by atoms with E-state index in [1.807, 2.05) is 27.7 Å². The van der Waals surface area contributed by atoms with Crippen LogP contribution in [0.15, 0.2) is 23.3 Å². The van der Waals surface area contributed by atoms with Crippen molar-refractivity contribution in [1.82, 2.24) is 0 Å². The molecule has 3 aliphatic carbocycles. The minimum absolute atomic E-state index is 0.293. The van der Waals surface area contributed by atoms with Crippen molar-refractivity contribution in [3.63, 3.8) is 0 Å². The van der Waals surface area contributed by atoms with Gasteiger partial charge in [-0.25, -0.2) is 0 Å².